The highest BCUT2D eigenvalue weighted by atomic mass is 35.5. The highest BCUT2D eigenvalue weighted by Crippen LogP contribution is 2.24. The lowest BCUT2D eigenvalue weighted by atomic mass is 10.2. The summed E-state index contributed by atoms with van der Waals surface area (Å²) in [7, 11) is 0. The zero-order valence-corrected chi connectivity index (χ0v) is 17.0. The first-order chi connectivity index (χ1) is 11.8. The Hall–Kier alpha value is -0.820. The smallest absolute Gasteiger partial charge is 0.209 e. The molecule has 8 heteroatoms. The van der Waals surface area contributed by atoms with Crippen LogP contribution in [0.5, 0.6) is 0 Å². The molecule has 1 N–H and O–H groups in total. The van der Waals surface area contributed by atoms with Crippen LogP contribution in [0.2, 0.25) is 5.02 Å². The highest BCUT2D eigenvalue weighted by Gasteiger charge is 2.26. The van der Waals surface area contributed by atoms with E-state index < -0.39 is 0 Å². The van der Waals surface area contributed by atoms with Crippen LogP contribution < -0.4 is 5.32 Å². The number of aromatic nitrogens is 1. The molecule has 3 heterocycles. The molecule has 4 rings (SSSR count). The fourth-order valence-electron chi connectivity index (χ4n) is 3.59. The second-order valence-electron chi connectivity index (χ2n) is 6.59. The normalized spacial score (nSPS) is 21.2. The number of nitrogens with zero attached hydrogens (tertiary/aromatic N) is 3. The van der Waals surface area contributed by atoms with Gasteiger partial charge in [0.1, 0.15) is 0 Å². The zero-order chi connectivity index (χ0) is 16.4. The van der Waals surface area contributed by atoms with Gasteiger partial charge < -0.3 is 9.73 Å². The van der Waals surface area contributed by atoms with Gasteiger partial charge in [-0.1, -0.05) is 23.7 Å². The number of oxazole rings is 1. The van der Waals surface area contributed by atoms with Gasteiger partial charge in [0.25, 0.3) is 0 Å². The molecule has 0 saturated carbocycles. The van der Waals surface area contributed by atoms with Crippen LogP contribution in [0.25, 0.3) is 11.3 Å². The highest BCUT2D eigenvalue weighted by molar-refractivity contribution is 6.30. The summed E-state index contributed by atoms with van der Waals surface area (Å²) in [6.45, 7) is 7.49. The standard InChI is InChI=1S/C18H23ClN4O.2ClH/c19-15-3-1-2-14(10-15)17-12-21-18(24-17)13-22-6-8-23(9-7-22)16-4-5-20-11-16;;/h1-3,10,12,16,20H,4-9,11,13H2;2*1H. The topological polar surface area (TPSA) is 44.5 Å². The average Bonchev–Trinajstić information content (AvgIpc) is 3.27. The summed E-state index contributed by atoms with van der Waals surface area (Å²) in [5, 5.41) is 4.16. The molecule has 1 aromatic heterocycles. The molecule has 1 atom stereocenters. The van der Waals surface area contributed by atoms with E-state index in [2.05, 4.69) is 20.1 Å². The molecule has 26 heavy (non-hydrogen) atoms. The molecule has 1 aromatic carbocycles. The molecule has 2 fully saturated rings. The predicted molar refractivity (Wildman–Crippen MR) is 110 cm³/mol. The molecule has 2 aromatic rings. The molecule has 2 saturated heterocycles. The van der Waals surface area contributed by atoms with E-state index in [1.54, 1.807) is 6.20 Å². The fourth-order valence-corrected chi connectivity index (χ4v) is 3.78. The summed E-state index contributed by atoms with van der Waals surface area (Å²) < 4.78 is 5.92. The molecule has 2 aliphatic heterocycles. The van der Waals surface area contributed by atoms with Gasteiger partial charge in [-0.05, 0) is 25.1 Å². The van der Waals surface area contributed by atoms with E-state index in [0.717, 1.165) is 69.1 Å². The third-order valence-electron chi connectivity index (χ3n) is 4.98. The lowest BCUT2D eigenvalue weighted by Crippen LogP contribution is -2.50. The van der Waals surface area contributed by atoms with Crippen LogP contribution in [0.4, 0.5) is 0 Å². The molecular formula is C18H25Cl3N4O. The molecular weight excluding hydrogens is 395 g/mol. The van der Waals surface area contributed by atoms with Crippen LogP contribution >= 0.6 is 36.4 Å². The van der Waals surface area contributed by atoms with Crippen LogP contribution in [0.3, 0.4) is 0 Å². The minimum absolute atomic E-state index is 0. The van der Waals surface area contributed by atoms with Crippen molar-refractivity contribution in [2.24, 2.45) is 0 Å². The quantitative estimate of drug-likeness (QED) is 0.823. The number of benzene rings is 1. The van der Waals surface area contributed by atoms with Gasteiger partial charge in [-0.3, -0.25) is 9.80 Å². The summed E-state index contributed by atoms with van der Waals surface area (Å²) in [4.78, 5) is 9.48. The van der Waals surface area contributed by atoms with Crippen LogP contribution in [-0.4, -0.2) is 60.1 Å². The van der Waals surface area contributed by atoms with Gasteiger partial charge in [0, 0.05) is 49.4 Å². The van der Waals surface area contributed by atoms with Crippen molar-refractivity contribution in [1.29, 1.82) is 0 Å². The Morgan fingerprint density at radius 2 is 2.00 bits per heavy atom. The van der Waals surface area contributed by atoms with Gasteiger partial charge in [0.15, 0.2) is 5.76 Å². The van der Waals surface area contributed by atoms with E-state index >= 15 is 0 Å². The lowest BCUT2D eigenvalue weighted by Gasteiger charge is -2.37. The van der Waals surface area contributed by atoms with E-state index in [4.69, 9.17) is 16.0 Å². The maximum Gasteiger partial charge on any atom is 0.209 e. The third kappa shape index (κ3) is 5.12. The summed E-state index contributed by atoms with van der Waals surface area (Å²) in [6, 6.07) is 8.41. The average molecular weight is 420 g/mol. The first kappa shape index (κ1) is 21.5. The Balaban J connectivity index is 0.00000121. The number of hydrogen-bond donors (Lipinski definition) is 1. The van der Waals surface area contributed by atoms with E-state index in [1.165, 1.54) is 6.42 Å². The van der Waals surface area contributed by atoms with Crippen LogP contribution in [0.15, 0.2) is 34.9 Å². The van der Waals surface area contributed by atoms with Crippen LogP contribution in [0, 0.1) is 0 Å². The minimum atomic E-state index is 0. The largest absolute Gasteiger partial charge is 0.439 e. The Morgan fingerprint density at radius 3 is 2.69 bits per heavy atom. The molecule has 0 bridgehead atoms. The van der Waals surface area contributed by atoms with E-state index in [0.29, 0.717) is 5.02 Å². The molecule has 1 unspecified atom stereocenters. The van der Waals surface area contributed by atoms with Gasteiger partial charge in [0.2, 0.25) is 5.89 Å². The fraction of sp³-hybridized carbons (Fsp3) is 0.500. The second kappa shape index (κ2) is 9.93. The summed E-state index contributed by atoms with van der Waals surface area (Å²) >= 11 is 6.05. The molecule has 0 aliphatic carbocycles. The molecule has 0 spiro atoms. The number of piperazine rings is 1. The SMILES string of the molecule is Cl.Cl.Clc1cccc(-c2cnc(CN3CCN(C4CCNC4)CC3)o2)c1. The number of hydrogen-bond acceptors (Lipinski definition) is 5. The number of halogens is 3. The van der Waals surface area contributed by atoms with Gasteiger partial charge >= 0.3 is 0 Å². The van der Waals surface area contributed by atoms with Gasteiger partial charge in [-0.15, -0.1) is 24.8 Å². The minimum Gasteiger partial charge on any atom is -0.439 e. The number of nitrogens with one attached hydrogen (secondary N) is 1. The summed E-state index contributed by atoms with van der Waals surface area (Å²) in [5.74, 6) is 1.56. The maximum absolute atomic E-state index is 6.05. The molecule has 2 aliphatic rings. The van der Waals surface area contributed by atoms with Crippen molar-refractivity contribution in [3.8, 4) is 11.3 Å². The van der Waals surface area contributed by atoms with Crippen molar-refractivity contribution in [2.75, 3.05) is 39.3 Å². The second-order valence-corrected chi connectivity index (χ2v) is 7.02. The van der Waals surface area contributed by atoms with E-state index in [9.17, 15) is 0 Å². The van der Waals surface area contributed by atoms with Crippen molar-refractivity contribution in [1.82, 2.24) is 20.1 Å². The number of rotatable bonds is 4. The van der Waals surface area contributed by atoms with Gasteiger partial charge in [0.05, 0.1) is 12.7 Å². The summed E-state index contributed by atoms with van der Waals surface area (Å²) in [5.41, 5.74) is 0.972. The molecule has 5 nitrogen and oxygen atoms in total. The van der Waals surface area contributed by atoms with Crippen LogP contribution in [-0.2, 0) is 6.54 Å². The van der Waals surface area contributed by atoms with Crippen molar-refractivity contribution in [3.63, 3.8) is 0 Å². The lowest BCUT2D eigenvalue weighted by molar-refractivity contribution is 0.0926. The molecule has 0 radical (unpaired) electrons. The Bertz CT molecular complexity index is 683. The van der Waals surface area contributed by atoms with E-state index in [-0.39, 0.29) is 24.8 Å². The Morgan fingerprint density at radius 1 is 1.19 bits per heavy atom. The van der Waals surface area contributed by atoms with Crippen molar-refractivity contribution >= 4 is 36.4 Å². The Kier molecular flexibility index (Phi) is 8.20. The monoisotopic (exact) mass is 418 g/mol. The molecule has 144 valence electrons. The van der Waals surface area contributed by atoms with Crippen molar-refractivity contribution in [2.45, 2.75) is 19.0 Å². The maximum atomic E-state index is 6.05. The first-order valence-corrected chi connectivity index (χ1v) is 9.03. The van der Waals surface area contributed by atoms with Gasteiger partial charge in [-0.25, -0.2) is 4.98 Å². The predicted octanol–water partition coefficient (Wildman–Crippen LogP) is 3.32. The van der Waals surface area contributed by atoms with Crippen molar-refractivity contribution in [3.05, 3.63) is 41.4 Å². The van der Waals surface area contributed by atoms with Crippen LogP contribution in [0.1, 0.15) is 12.3 Å². The summed E-state index contributed by atoms with van der Waals surface area (Å²) in [6.07, 6.45) is 3.07. The van der Waals surface area contributed by atoms with Crippen molar-refractivity contribution < 1.29 is 4.42 Å². The zero-order valence-electron chi connectivity index (χ0n) is 14.6. The van der Waals surface area contributed by atoms with Gasteiger partial charge in [-0.2, -0.15) is 0 Å². The Labute approximate surface area is 171 Å². The van der Waals surface area contributed by atoms with E-state index in [1.807, 2.05) is 24.3 Å². The third-order valence-corrected chi connectivity index (χ3v) is 5.21. The first-order valence-electron chi connectivity index (χ1n) is 8.66. The molecule has 0 amide bonds.